The number of carbonyl (C=O) groups is 2. The van der Waals surface area contributed by atoms with Crippen molar-refractivity contribution in [1.29, 1.82) is 0 Å². The van der Waals surface area contributed by atoms with E-state index in [2.05, 4.69) is 31.5 Å². The molecule has 3 N–H and O–H groups in total. The number of carbonyl (C=O) groups excluding carboxylic acids is 2. The number of nitrogens with one attached hydrogen (secondary N) is 2. The number of halogens is 1. The number of anilines is 2. The van der Waals surface area contributed by atoms with Crippen LogP contribution in [-0.2, 0) is 0 Å². The predicted molar refractivity (Wildman–Crippen MR) is 138 cm³/mol. The number of piperidine rings is 1. The van der Waals surface area contributed by atoms with E-state index in [0.29, 0.717) is 28.8 Å². The lowest BCUT2D eigenvalue weighted by atomic mass is 9.99. The van der Waals surface area contributed by atoms with E-state index in [9.17, 15) is 24.8 Å². The van der Waals surface area contributed by atoms with Gasteiger partial charge in [-0.25, -0.2) is 0 Å². The maximum Gasteiger partial charge on any atom is 0.294 e. The van der Waals surface area contributed by atoms with Gasteiger partial charge in [-0.2, -0.15) is 0 Å². The fourth-order valence-electron chi connectivity index (χ4n) is 4.71. The van der Waals surface area contributed by atoms with Crippen molar-refractivity contribution in [3.05, 3.63) is 56.3 Å². The zero-order valence-corrected chi connectivity index (χ0v) is 21.7. The highest BCUT2D eigenvalue weighted by Gasteiger charge is 2.45. The van der Waals surface area contributed by atoms with Crippen LogP contribution < -0.4 is 10.6 Å². The Morgan fingerprint density at radius 2 is 1.89 bits per heavy atom. The van der Waals surface area contributed by atoms with Crippen molar-refractivity contribution in [3.63, 3.8) is 0 Å². The van der Waals surface area contributed by atoms with Gasteiger partial charge < -0.3 is 25.5 Å². The van der Waals surface area contributed by atoms with E-state index in [0.717, 1.165) is 19.3 Å². The van der Waals surface area contributed by atoms with E-state index in [1.807, 2.05) is 0 Å². The number of benzene rings is 1. The Balaban J connectivity index is 1.65. The molecule has 2 aliphatic rings. The molecule has 1 aromatic carbocycles. The largest absolute Gasteiger partial charge is 0.387 e. The highest BCUT2D eigenvalue weighted by molar-refractivity contribution is 9.10. The molecule has 0 saturated carbocycles. The number of hydrogen-bond acceptors (Lipinski definition) is 8. The van der Waals surface area contributed by atoms with Gasteiger partial charge in [-0.05, 0) is 38.3 Å². The first-order valence-electron chi connectivity index (χ1n) is 11.8. The van der Waals surface area contributed by atoms with Gasteiger partial charge in [0.25, 0.3) is 17.5 Å². The number of amides is 2. The lowest BCUT2D eigenvalue weighted by Crippen LogP contribution is -2.44. The number of β-amino-alcohol motifs (C(OH)–C–C–N with tert-alkyl or cyclic N) is 1. The molecule has 2 saturated heterocycles. The van der Waals surface area contributed by atoms with Crippen molar-refractivity contribution >= 4 is 44.8 Å². The number of aliphatic hydroxyl groups is 1. The standard InChI is InChI=1S/C24H29BrN6O5/c1-24(34)14-30(22(32)15-8-17(26-2)12-27-11-15)13-20(24)28-21-18(9-16(25)10-19(21)31(35)36)23(33)29-6-4-3-5-7-29/h8-12,20,26,28,34H,3-7,13-14H2,1-2H3/t20-,24?/m0/s1. The molecule has 2 amide bonds. The van der Waals surface area contributed by atoms with Crippen LogP contribution in [-0.4, -0.2) is 81.5 Å². The Morgan fingerprint density at radius 3 is 2.56 bits per heavy atom. The number of hydrogen-bond donors (Lipinski definition) is 3. The van der Waals surface area contributed by atoms with Gasteiger partial charge in [0.1, 0.15) is 11.3 Å². The number of pyridine rings is 1. The van der Waals surface area contributed by atoms with Crippen LogP contribution in [0.3, 0.4) is 0 Å². The Morgan fingerprint density at radius 1 is 1.17 bits per heavy atom. The number of nitro benzene ring substituents is 1. The van der Waals surface area contributed by atoms with Crippen LogP contribution in [0, 0.1) is 10.1 Å². The van der Waals surface area contributed by atoms with E-state index >= 15 is 0 Å². The summed E-state index contributed by atoms with van der Waals surface area (Å²) in [6.45, 7) is 2.83. The van der Waals surface area contributed by atoms with Gasteiger partial charge in [-0.1, -0.05) is 15.9 Å². The predicted octanol–water partition coefficient (Wildman–Crippen LogP) is 3.11. The second-order valence-corrected chi connectivity index (χ2v) is 10.3. The summed E-state index contributed by atoms with van der Waals surface area (Å²) >= 11 is 3.29. The van der Waals surface area contributed by atoms with Crippen LogP contribution in [0.2, 0.25) is 0 Å². The highest BCUT2D eigenvalue weighted by atomic mass is 79.9. The van der Waals surface area contributed by atoms with E-state index in [1.54, 1.807) is 37.2 Å². The fourth-order valence-corrected chi connectivity index (χ4v) is 5.15. The molecule has 2 atom stereocenters. The van der Waals surface area contributed by atoms with E-state index in [1.165, 1.54) is 17.2 Å². The molecule has 36 heavy (non-hydrogen) atoms. The van der Waals surface area contributed by atoms with Gasteiger partial charge >= 0.3 is 0 Å². The Labute approximate surface area is 217 Å². The summed E-state index contributed by atoms with van der Waals surface area (Å²) in [4.78, 5) is 45.2. The van der Waals surface area contributed by atoms with Gasteiger partial charge in [-0.3, -0.25) is 24.7 Å². The third-order valence-electron chi connectivity index (χ3n) is 6.70. The monoisotopic (exact) mass is 560 g/mol. The number of nitro groups is 1. The Hall–Kier alpha value is -3.25. The molecular formula is C24H29BrN6O5. The van der Waals surface area contributed by atoms with Crippen molar-refractivity contribution in [2.75, 3.05) is 43.9 Å². The van der Waals surface area contributed by atoms with E-state index in [-0.39, 0.29) is 41.8 Å². The molecule has 2 aliphatic heterocycles. The summed E-state index contributed by atoms with van der Waals surface area (Å²) in [7, 11) is 1.72. The topological polar surface area (TPSA) is 141 Å². The maximum atomic E-state index is 13.4. The molecule has 12 heteroatoms. The molecule has 3 heterocycles. The zero-order chi connectivity index (χ0) is 26.0. The molecule has 0 spiro atoms. The summed E-state index contributed by atoms with van der Waals surface area (Å²) in [6.07, 6.45) is 5.84. The molecule has 2 fully saturated rings. The quantitative estimate of drug-likeness (QED) is 0.361. The summed E-state index contributed by atoms with van der Waals surface area (Å²) in [5, 5.41) is 29.2. The molecular weight excluding hydrogens is 532 g/mol. The van der Waals surface area contributed by atoms with Gasteiger partial charge in [0.05, 0.1) is 34.3 Å². The first-order chi connectivity index (χ1) is 17.1. The molecule has 11 nitrogen and oxygen atoms in total. The maximum absolute atomic E-state index is 13.4. The van der Waals surface area contributed by atoms with Crippen molar-refractivity contribution in [1.82, 2.24) is 14.8 Å². The van der Waals surface area contributed by atoms with Crippen molar-refractivity contribution in [2.45, 2.75) is 37.8 Å². The number of aromatic nitrogens is 1. The van der Waals surface area contributed by atoms with Gasteiger partial charge in [0.15, 0.2) is 0 Å². The van der Waals surface area contributed by atoms with Crippen molar-refractivity contribution in [3.8, 4) is 0 Å². The van der Waals surface area contributed by atoms with Gasteiger partial charge in [-0.15, -0.1) is 0 Å². The molecule has 4 rings (SSSR count). The first kappa shape index (κ1) is 25.8. The Bertz CT molecular complexity index is 1180. The average Bonchev–Trinajstić information content (AvgIpc) is 3.17. The van der Waals surface area contributed by atoms with Crippen LogP contribution in [0.1, 0.15) is 46.9 Å². The lowest BCUT2D eigenvalue weighted by molar-refractivity contribution is -0.384. The molecule has 0 bridgehead atoms. The molecule has 1 aromatic heterocycles. The van der Waals surface area contributed by atoms with E-state index in [4.69, 9.17) is 0 Å². The summed E-state index contributed by atoms with van der Waals surface area (Å²) in [5.41, 5.74) is -0.463. The Kier molecular flexibility index (Phi) is 7.46. The second-order valence-electron chi connectivity index (χ2n) is 9.41. The van der Waals surface area contributed by atoms with Crippen LogP contribution in [0.4, 0.5) is 17.1 Å². The molecule has 0 aliphatic carbocycles. The number of likely N-dealkylation sites (tertiary alicyclic amines) is 2. The third-order valence-corrected chi connectivity index (χ3v) is 7.15. The van der Waals surface area contributed by atoms with Gasteiger partial charge in [0, 0.05) is 49.6 Å². The number of rotatable bonds is 6. The van der Waals surface area contributed by atoms with Crippen LogP contribution in [0.25, 0.3) is 0 Å². The average molecular weight is 561 g/mol. The minimum Gasteiger partial charge on any atom is -0.387 e. The number of nitrogens with zero attached hydrogens (tertiary/aromatic N) is 4. The summed E-state index contributed by atoms with van der Waals surface area (Å²) < 4.78 is 0.409. The molecule has 2 aromatic rings. The van der Waals surface area contributed by atoms with E-state index < -0.39 is 16.6 Å². The van der Waals surface area contributed by atoms with Crippen molar-refractivity contribution in [2.24, 2.45) is 0 Å². The zero-order valence-electron chi connectivity index (χ0n) is 20.2. The normalized spacial score (nSPS) is 21.8. The molecule has 1 unspecified atom stereocenters. The fraction of sp³-hybridized carbons (Fsp3) is 0.458. The molecule has 192 valence electrons. The van der Waals surface area contributed by atoms with Crippen molar-refractivity contribution < 1.29 is 19.6 Å². The second kappa shape index (κ2) is 10.4. The van der Waals surface area contributed by atoms with Crippen LogP contribution in [0.15, 0.2) is 35.1 Å². The van der Waals surface area contributed by atoms with Crippen LogP contribution in [0.5, 0.6) is 0 Å². The van der Waals surface area contributed by atoms with Gasteiger partial charge in [0.2, 0.25) is 0 Å². The third kappa shape index (κ3) is 5.29. The smallest absolute Gasteiger partial charge is 0.294 e. The van der Waals surface area contributed by atoms with Crippen LogP contribution >= 0.6 is 15.9 Å². The summed E-state index contributed by atoms with van der Waals surface area (Å²) in [5.74, 6) is -0.624. The first-order valence-corrected chi connectivity index (χ1v) is 12.6. The lowest BCUT2D eigenvalue weighted by Gasteiger charge is -2.29. The SMILES string of the molecule is CNc1cncc(C(=O)N2C[C@H](Nc3c(C(=O)N4CCCCC4)cc(Br)cc3[N+](=O)[O-])C(C)(O)C2)c1. The minimum atomic E-state index is -1.41. The minimum absolute atomic E-state index is 0.00696. The summed E-state index contributed by atoms with van der Waals surface area (Å²) in [6, 6.07) is 3.80. The highest BCUT2D eigenvalue weighted by Crippen LogP contribution is 2.37. The molecule has 0 radical (unpaired) electrons.